The van der Waals surface area contributed by atoms with Gasteiger partial charge in [-0.3, -0.25) is 0 Å². The van der Waals surface area contributed by atoms with Gasteiger partial charge in [-0.05, 0) is 28.8 Å². The van der Waals surface area contributed by atoms with Gasteiger partial charge in [0.05, 0.1) is 0 Å². The van der Waals surface area contributed by atoms with Crippen molar-refractivity contribution in [1.29, 1.82) is 0 Å². The van der Waals surface area contributed by atoms with Gasteiger partial charge in [0.15, 0.2) is 0 Å². The van der Waals surface area contributed by atoms with Crippen molar-refractivity contribution in [2.24, 2.45) is 0 Å². The van der Waals surface area contributed by atoms with Gasteiger partial charge in [0.1, 0.15) is 0 Å². The number of halogens is 1. The molecule has 0 aliphatic carbocycles. The maximum absolute atomic E-state index is 5.71. The van der Waals surface area contributed by atoms with E-state index in [2.05, 4.69) is 29.6 Å². The first-order chi connectivity index (χ1) is 5.92. The molecule has 12 heavy (non-hydrogen) atoms. The number of fused-ring (bicyclic) bond motifs is 1. The SMILES string of the molecule is ClCCc1cccc2ccsc12. The summed E-state index contributed by atoms with van der Waals surface area (Å²) in [7, 11) is 0. The average Bonchev–Trinajstić information content (AvgIpc) is 2.53. The molecule has 0 aliphatic rings. The monoisotopic (exact) mass is 196 g/mol. The number of aryl methyl sites for hydroxylation is 1. The molecule has 0 amide bonds. The van der Waals surface area contributed by atoms with Crippen molar-refractivity contribution in [1.82, 2.24) is 0 Å². The van der Waals surface area contributed by atoms with Crippen molar-refractivity contribution in [2.45, 2.75) is 6.42 Å². The first-order valence-corrected chi connectivity index (χ1v) is 5.34. The number of benzene rings is 1. The standard InChI is InChI=1S/C10H9ClS/c11-6-4-8-2-1-3-9-5-7-12-10(8)9/h1-3,5,7H,4,6H2. The first-order valence-electron chi connectivity index (χ1n) is 3.93. The van der Waals surface area contributed by atoms with Crippen molar-refractivity contribution in [2.75, 3.05) is 5.88 Å². The summed E-state index contributed by atoms with van der Waals surface area (Å²) in [6.45, 7) is 0. The lowest BCUT2D eigenvalue weighted by Gasteiger charge is -1.98. The fourth-order valence-electron chi connectivity index (χ4n) is 1.35. The minimum atomic E-state index is 0.705. The predicted octanol–water partition coefficient (Wildman–Crippen LogP) is 3.68. The smallest absolute Gasteiger partial charge is 0.0375 e. The van der Waals surface area contributed by atoms with Crippen LogP contribution in [0.1, 0.15) is 5.56 Å². The van der Waals surface area contributed by atoms with Gasteiger partial charge in [-0.2, -0.15) is 0 Å². The molecule has 1 heterocycles. The highest BCUT2D eigenvalue weighted by molar-refractivity contribution is 7.17. The minimum absolute atomic E-state index is 0.705. The van der Waals surface area contributed by atoms with Crippen LogP contribution >= 0.6 is 22.9 Å². The first kappa shape index (κ1) is 8.09. The lowest BCUT2D eigenvalue weighted by atomic mass is 10.1. The second kappa shape index (κ2) is 3.46. The van der Waals surface area contributed by atoms with E-state index >= 15 is 0 Å². The van der Waals surface area contributed by atoms with Crippen LogP contribution in [-0.4, -0.2) is 5.88 Å². The van der Waals surface area contributed by atoms with Crippen LogP contribution in [0.5, 0.6) is 0 Å². The highest BCUT2D eigenvalue weighted by Crippen LogP contribution is 2.24. The van der Waals surface area contributed by atoms with E-state index in [0.29, 0.717) is 5.88 Å². The molecule has 2 aromatic rings. The van der Waals surface area contributed by atoms with Crippen LogP contribution in [0.25, 0.3) is 10.1 Å². The number of hydrogen-bond donors (Lipinski definition) is 0. The maximum atomic E-state index is 5.71. The third-order valence-electron chi connectivity index (χ3n) is 1.92. The van der Waals surface area contributed by atoms with E-state index in [4.69, 9.17) is 11.6 Å². The summed E-state index contributed by atoms with van der Waals surface area (Å²) in [5.74, 6) is 0.705. The van der Waals surface area contributed by atoms with Gasteiger partial charge >= 0.3 is 0 Å². The summed E-state index contributed by atoms with van der Waals surface area (Å²) in [5.41, 5.74) is 1.37. The molecule has 0 N–H and O–H groups in total. The summed E-state index contributed by atoms with van der Waals surface area (Å²) in [4.78, 5) is 0. The Labute approximate surface area is 80.8 Å². The molecule has 1 aromatic carbocycles. The molecule has 0 aliphatic heterocycles. The number of hydrogen-bond acceptors (Lipinski definition) is 1. The molecule has 2 heteroatoms. The van der Waals surface area contributed by atoms with E-state index < -0.39 is 0 Å². The lowest BCUT2D eigenvalue weighted by molar-refractivity contribution is 1.17. The van der Waals surface area contributed by atoms with Crippen LogP contribution in [0, 0.1) is 0 Å². The Hall–Kier alpha value is -0.530. The molecule has 0 nitrogen and oxygen atoms in total. The molecule has 1 aromatic heterocycles. The number of alkyl halides is 1. The van der Waals surface area contributed by atoms with Crippen LogP contribution in [0.15, 0.2) is 29.6 Å². The van der Waals surface area contributed by atoms with E-state index in [9.17, 15) is 0 Å². The zero-order valence-corrected chi connectivity index (χ0v) is 8.16. The second-order valence-corrected chi connectivity index (χ2v) is 3.99. The van der Waals surface area contributed by atoms with Gasteiger partial charge in [0, 0.05) is 10.6 Å². The van der Waals surface area contributed by atoms with Crippen LogP contribution in [0.2, 0.25) is 0 Å². The van der Waals surface area contributed by atoms with Crippen LogP contribution in [-0.2, 0) is 6.42 Å². The van der Waals surface area contributed by atoms with E-state index in [1.807, 2.05) is 0 Å². The quantitative estimate of drug-likeness (QED) is 0.643. The van der Waals surface area contributed by atoms with Crippen molar-refractivity contribution in [3.63, 3.8) is 0 Å². The predicted molar refractivity (Wildman–Crippen MR) is 56.2 cm³/mol. The molecule has 0 bridgehead atoms. The second-order valence-electron chi connectivity index (χ2n) is 2.70. The van der Waals surface area contributed by atoms with Crippen LogP contribution < -0.4 is 0 Å². The summed E-state index contributed by atoms with van der Waals surface area (Å²) in [6.07, 6.45) is 0.972. The number of rotatable bonds is 2. The largest absolute Gasteiger partial charge is 0.144 e. The van der Waals surface area contributed by atoms with Gasteiger partial charge in [-0.15, -0.1) is 22.9 Å². The maximum Gasteiger partial charge on any atom is 0.0375 e. The average molecular weight is 197 g/mol. The fourth-order valence-corrected chi connectivity index (χ4v) is 2.50. The van der Waals surface area contributed by atoms with Crippen LogP contribution in [0.4, 0.5) is 0 Å². The van der Waals surface area contributed by atoms with Gasteiger partial charge in [-0.1, -0.05) is 18.2 Å². The minimum Gasteiger partial charge on any atom is -0.144 e. The van der Waals surface area contributed by atoms with E-state index in [1.165, 1.54) is 15.6 Å². The fraction of sp³-hybridized carbons (Fsp3) is 0.200. The topological polar surface area (TPSA) is 0 Å². The third kappa shape index (κ3) is 1.35. The Balaban J connectivity index is 2.57. The molecule has 0 radical (unpaired) electrons. The Morgan fingerprint density at radius 2 is 2.17 bits per heavy atom. The third-order valence-corrected chi connectivity index (χ3v) is 3.12. The summed E-state index contributed by atoms with van der Waals surface area (Å²) < 4.78 is 1.39. The number of thiophene rings is 1. The van der Waals surface area contributed by atoms with Crippen molar-refractivity contribution >= 4 is 33.0 Å². The van der Waals surface area contributed by atoms with E-state index in [1.54, 1.807) is 11.3 Å². The Morgan fingerprint density at radius 1 is 1.25 bits per heavy atom. The van der Waals surface area contributed by atoms with Crippen LogP contribution in [0.3, 0.4) is 0 Å². The zero-order valence-electron chi connectivity index (χ0n) is 6.59. The molecule has 0 fully saturated rings. The van der Waals surface area contributed by atoms with Gasteiger partial charge in [0.2, 0.25) is 0 Å². The zero-order chi connectivity index (χ0) is 8.39. The molecule has 0 saturated carbocycles. The van der Waals surface area contributed by atoms with Crippen molar-refractivity contribution in [3.05, 3.63) is 35.2 Å². The summed E-state index contributed by atoms with van der Waals surface area (Å²) in [6, 6.07) is 8.54. The lowest BCUT2D eigenvalue weighted by Crippen LogP contribution is -1.84. The Morgan fingerprint density at radius 3 is 3.00 bits per heavy atom. The molecule has 0 spiro atoms. The van der Waals surface area contributed by atoms with Crippen molar-refractivity contribution in [3.8, 4) is 0 Å². The van der Waals surface area contributed by atoms with Crippen molar-refractivity contribution < 1.29 is 0 Å². The van der Waals surface area contributed by atoms with E-state index in [0.717, 1.165) is 6.42 Å². The highest BCUT2D eigenvalue weighted by Gasteiger charge is 1.99. The summed E-state index contributed by atoms with van der Waals surface area (Å²) >= 11 is 7.50. The molecule has 62 valence electrons. The molecular formula is C10H9ClS. The highest BCUT2D eigenvalue weighted by atomic mass is 35.5. The molecule has 0 unspecified atom stereocenters. The molecule has 0 atom stereocenters. The molecule has 0 saturated heterocycles. The summed E-state index contributed by atoms with van der Waals surface area (Å²) in [5, 5.41) is 3.46. The molecule has 2 rings (SSSR count). The molecular weight excluding hydrogens is 188 g/mol. The van der Waals surface area contributed by atoms with Gasteiger partial charge in [-0.25, -0.2) is 0 Å². The van der Waals surface area contributed by atoms with Gasteiger partial charge in [0.25, 0.3) is 0 Å². The Bertz CT molecular complexity index is 378. The Kier molecular flexibility index (Phi) is 2.33. The normalized spacial score (nSPS) is 10.8. The van der Waals surface area contributed by atoms with Gasteiger partial charge < -0.3 is 0 Å². The van der Waals surface area contributed by atoms with E-state index in [-0.39, 0.29) is 0 Å².